The number of carbonyl (C=O) groups is 1. The van der Waals surface area contributed by atoms with Gasteiger partial charge in [0.25, 0.3) is 5.91 Å². The van der Waals surface area contributed by atoms with Crippen LogP contribution in [0, 0.1) is 11.7 Å². The molecule has 4 nitrogen and oxygen atoms in total. The van der Waals surface area contributed by atoms with Gasteiger partial charge in [-0.1, -0.05) is 0 Å². The van der Waals surface area contributed by atoms with Gasteiger partial charge in [-0.05, 0) is 68.2 Å². The van der Waals surface area contributed by atoms with Crippen molar-refractivity contribution in [2.75, 3.05) is 19.6 Å². The van der Waals surface area contributed by atoms with E-state index in [1.807, 2.05) is 0 Å². The fourth-order valence-electron chi connectivity index (χ4n) is 2.67. The lowest BCUT2D eigenvalue weighted by atomic mass is 10.1. The summed E-state index contributed by atoms with van der Waals surface area (Å²) >= 11 is 0. The third kappa shape index (κ3) is 3.54. The first-order valence-electron chi connectivity index (χ1n) is 7.57. The number of carbonyl (C=O) groups excluding carboxylic acids is 1. The molecule has 1 aliphatic rings. The minimum atomic E-state index is -0.297. The molecular weight excluding hydrogens is 283 g/mol. The Hall–Kier alpha value is -2.14. The summed E-state index contributed by atoms with van der Waals surface area (Å²) in [4.78, 5) is 12.0. The van der Waals surface area contributed by atoms with Crippen LogP contribution in [-0.2, 0) is 0 Å². The number of nitrogens with one attached hydrogen (secondary N) is 2. The van der Waals surface area contributed by atoms with E-state index in [4.69, 9.17) is 4.42 Å². The van der Waals surface area contributed by atoms with Gasteiger partial charge in [-0.3, -0.25) is 4.79 Å². The number of hydrogen-bond donors (Lipinski definition) is 2. The molecule has 3 rings (SSSR count). The number of rotatable bonds is 5. The van der Waals surface area contributed by atoms with E-state index in [1.165, 1.54) is 18.6 Å². The highest BCUT2D eigenvalue weighted by Crippen LogP contribution is 2.22. The van der Waals surface area contributed by atoms with E-state index in [1.54, 1.807) is 24.3 Å². The van der Waals surface area contributed by atoms with E-state index in [0.29, 0.717) is 18.2 Å². The van der Waals surface area contributed by atoms with Gasteiger partial charge in [-0.25, -0.2) is 4.39 Å². The van der Waals surface area contributed by atoms with Crippen LogP contribution in [0.3, 0.4) is 0 Å². The zero-order valence-electron chi connectivity index (χ0n) is 12.3. The molecule has 1 saturated heterocycles. The Bertz CT molecular complexity index is 630. The molecule has 0 aliphatic carbocycles. The minimum absolute atomic E-state index is 0.209. The van der Waals surface area contributed by atoms with Crippen LogP contribution in [0.5, 0.6) is 0 Å². The number of benzene rings is 1. The summed E-state index contributed by atoms with van der Waals surface area (Å²) in [5, 5.41) is 6.19. The van der Waals surface area contributed by atoms with Gasteiger partial charge in [0.2, 0.25) is 0 Å². The number of furan rings is 1. The second-order valence-corrected chi connectivity index (χ2v) is 5.57. The molecule has 2 heterocycles. The highest BCUT2D eigenvalue weighted by atomic mass is 19.1. The first-order valence-corrected chi connectivity index (χ1v) is 7.57. The largest absolute Gasteiger partial charge is 0.451 e. The smallest absolute Gasteiger partial charge is 0.287 e. The van der Waals surface area contributed by atoms with Crippen LogP contribution in [0.2, 0.25) is 0 Å². The number of hydrogen-bond acceptors (Lipinski definition) is 3. The first kappa shape index (κ1) is 14.8. The van der Waals surface area contributed by atoms with E-state index >= 15 is 0 Å². The van der Waals surface area contributed by atoms with Gasteiger partial charge < -0.3 is 15.1 Å². The lowest BCUT2D eigenvalue weighted by molar-refractivity contribution is 0.0925. The summed E-state index contributed by atoms with van der Waals surface area (Å²) in [6, 6.07) is 9.36. The molecule has 1 aromatic carbocycles. The van der Waals surface area contributed by atoms with Crippen LogP contribution in [0.25, 0.3) is 11.3 Å². The first-order chi connectivity index (χ1) is 10.7. The summed E-state index contributed by atoms with van der Waals surface area (Å²) in [6.45, 7) is 2.75. The molecule has 1 amide bonds. The van der Waals surface area contributed by atoms with Crippen molar-refractivity contribution in [1.29, 1.82) is 0 Å². The maximum Gasteiger partial charge on any atom is 0.287 e. The molecule has 1 fully saturated rings. The molecule has 2 N–H and O–H groups in total. The van der Waals surface area contributed by atoms with Gasteiger partial charge in [0, 0.05) is 12.1 Å². The van der Waals surface area contributed by atoms with E-state index in [9.17, 15) is 9.18 Å². The normalized spacial score (nSPS) is 17.6. The van der Waals surface area contributed by atoms with Gasteiger partial charge in [0.1, 0.15) is 11.6 Å². The van der Waals surface area contributed by atoms with Crippen LogP contribution in [0.15, 0.2) is 40.8 Å². The zero-order valence-corrected chi connectivity index (χ0v) is 12.3. The highest BCUT2D eigenvalue weighted by molar-refractivity contribution is 5.92. The van der Waals surface area contributed by atoms with Gasteiger partial charge in [0.05, 0.1) is 0 Å². The standard InChI is InChI=1S/C17H19FN2O2/c18-14-3-1-13(2-4-14)15-5-6-16(22-15)17(21)20-10-8-12-7-9-19-11-12/h1-6,12,19H,7-11H2,(H,20,21). The Morgan fingerprint density at radius 3 is 2.82 bits per heavy atom. The fourth-order valence-corrected chi connectivity index (χ4v) is 2.67. The van der Waals surface area contributed by atoms with Crippen LogP contribution in [-0.4, -0.2) is 25.5 Å². The van der Waals surface area contributed by atoms with E-state index in [-0.39, 0.29) is 17.5 Å². The molecule has 0 spiro atoms. The molecule has 1 unspecified atom stereocenters. The van der Waals surface area contributed by atoms with Crippen molar-refractivity contribution in [2.45, 2.75) is 12.8 Å². The van der Waals surface area contributed by atoms with Crippen molar-refractivity contribution in [3.63, 3.8) is 0 Å². The average molecular weight is 302 g/mol. The van der Waals surface area contributed by atoms with Gasteiger partial charge in [0.15, 0.2) is 5.76 Å². The summed E-state index contributed by atoms with van der Waals surface area (Å²) < 4.78 is 18.5. The summed E-state index contributed by atoms with van der Waals surface area (Å²) in [7, 11) is 0. The molecule has 0 bridgehead atoms. The highest BCUT2D eigenvalue weighted by Gasteiger charge is 2.16. The van der Waals surface area contributed by atoms with E-state index < -0.39 is 0 Å². The lowest BCUT2D eigenvalue weighted by Gasteiger charge is -2.08. The van der Waals surface area contributed by atoms with Crippen molar-refractivity contribution in [3.05, 3.63) is 48.0 Å². The predicted octanol–water partition coefficient (Wildman–Crippen LogP) is 2.82. The Morgan fingerprint density at radius 2 is 2.09 bits per heavy atom. The third-order valence-corrected chi connectivity index (χ3v) is 3.96. The Morgan fingerprint density at radius 1 is 1.27 bits per heavy atom. The maximum atomic E-state index is 12.9. The van der Waals surface area contributed by atoms with Gasteiger partial charge >= 0.3 is 0 Å². The van der Waals surface area contributed by atoms with E-state index in [2.05, 4.69) is 10.6 Å². The molecule has 1 atom stereocenters. The van der Waals surface area contributed by atoms with Gasteiger partial charge in [-0.2, -0.15) is 0 Å². The van der Waals surface area contributed by atoms with Crippen molar-refractivity contribution in [2.24, 2.45) is 5.92 Å². The van der Waals surface area contributed by atoms with Crippen LogP contribution in [0.1, 0.15) is 23.4 Å². The van der Waals surface area contributed by atoms with Crippen molar-refractivity contribution < 1.29 is 13.6 Å². The minimum Gasteiger partial charge on any atom is -0.451 e. The molecule has 22 heavy (non-hydrogen) atoms. The molecule has 116 valence electrons. The molecule has 1 aliphatic heterocycles. The monoisotopic (exact) mass is 302 g/mol. The van der Waals surface area contributed by atoms with Crippen molar-refractivity contribution >= 4 is 5.91 Å². The van der Waals surface area contributed by atoms with Crippen molar-refractivity contribution in [3.8, 4) is 11.3 Å². The maximum absolute atomic E-state index is 12.9. The zero-order chi connectivity index (χ0) is 15.4. The Kier molecular flexibility index (Phi) is 4.53. The number of halogens is 1. The van der Waals surface area contributed by atoms with Crippen molar-refractivity contribution in [1.82, 2.24) is 10.6 Å². The Balaban J connectivity index is 1.55. The molecule has 0 saturated carbocycles. The fraction of sp³-hybridized carbons (Fsp3) is 0.353. The summed E-state index contributed by atoms with van der Waals surface area (Å²) in [5.74, 6) is 0.981. The number of amides is 1. The lowest BCUT2D eigenvalue weighted by Crippen LogP contribution is -2.26. The average Bonchev–Trinajstić information content (AvgIpc) is 3.19. The molecule has 1 aromatic heterocycles. The quantitative estimate of drug-likeness (QED) is 0.893. The second-order valence-electron chi connectivity index (χ2n) is 5.57. The van der Waals surface area contributed by atoms with Crippen LogP contribution >= 0.6 is 0 Å². The van der Waals surface area contributed by atoms with Gasteiger partial charge in [-0.15, -0.1) is 0 Å². The van der Waals surface area contributed by atoms with Crippen LogP contribution in [0.4, 0.5) is 4.39 Å². The SMILES string of the molecule is O=C(NCCC1CCNC1)c1ccc(-c2ccc(F)cc2)o1. The third-order valence-electron chi connectivity index (χ3n) is 3.96. The van der Waals surface area contributed by atoms with Crippen LogP contribution < -0.4 is 10.6 Å². The summed E-state index contributed by atoms with van der Waals surface area (Å²) in [5.41, 5.74) is 0.748. The van der Waals surface area contributed by atoms with E-state index in [0.717, 1.165) is 25.1 Å². The predicted molar refractivity (Wildman–Crippen MR) is 82.0 cm³/mol. The second kappa shape index (κ2) is 6.75. The Labute approximate surface area is 128 Å². The molecule has 2 aromatic rings. The topological polar surface area (TPSA) is 54.3 Å². The molecule has 5 heteroatoms. The molecular formula is C17H19FN2O2. The molecule has 0 radical (unpaired) electrons. The summed E-state index contributed by atoms with van der Waals surface area (Å²) in [6.07, 6.45) is 2.15.